The molecule has 0 saturated carbocycles. The van der Waals surface area contributed by atoms with Gasteiger partial charge in [0, 0.05) is 12.6 Å². The summed E-state index contributed by atoms with van der Waals surface area (Å²) in [7, 11) is 1.48. The molecule has 0 bridgehead atoms. The third-order valence-corrected chi connectivity index (χ3v) is 3.38. The van der Waals surface area contributed by atoms with Crippen LogP contribution in [-0.2, 0) is 11.2 Å². The molecular formula is C18H19NO5. The summed E-state index contributed by atoms with van der Waals surface area (Å²) in [6, 6.07) is 9.33. The van der Waals surface area contributed by atoms with Crippen molar-refractivity contribution >= 4 is 12.0 Å². The van der Waals surface area contributed by atoms with Crippen LogP contribution < -0.4 is 10.1 Å². The summed E-state index contributed by atoms with van der Waals surface area (Å²) in [6.07, 6.45) is 3.48. The van der Waals surface area contributed by atoms with Crippen molar-refractivity contribution in [2.75, 3.05) is 13.7 Å². The van der Waals surface area contributed by atoms with Crippen LogP contribution in [0.4, 0.5) is 0 Å². The molecule has 2 aromatic carbocycles. The zero-order valence-corrected chi connectivity index (χ0v) is 13.2. The van der Waals surface area contributed by atoms with Gasteiger partial charge in [-0.2, -0.15) is 0 Å². The number of hydrogen-bond donors (Lipinski definition) is 4. The Labute approximate surface area is 139 Å². The summed E-state index contributed by atoms with van der Waals surface area (Å²) >= 11 is 0. The first-order valence-corrected chi connectivity index (χ1v) is 7.33. The molecule has 0 heterocycles. The van der Waals surface area contributed by atoms with E-state index in [1.807, 2.05) is 0 Å². The minimum atomic E-state index is -0.270. The Morgan fingerprint density at radius 2 is 1.83 bits per heavy atom. The fourth-order valence-electron chi connectivity index (χ4n) is 2.08. The number of hydrogen-bond acceptors (Lipinski definition) is 5. The summed E-state index contributed by atoms with van der Waals surface area (Å²) in [5.41, 5.74) is 1.53. The maximum Gasteiger partial charge on any atom is 0.244 e. The molecule has 2 rings (SSSR count). The van der Waals surface area contributed by atoms with Crippen molar-refractivity contribution < 1.29 is 24.9 Å². The molecule has 0 aromatic heterocycles. The molecule has 0 fully saturated rings. The zero-order chi connectivity index (χ0) is 17.5. The summed E-state index contributed by atoms with van der Waals surface area (Å²) in [6.45, 7) is 0.429. The number of benzene rings is 2. The van der Waals surface area contributed by atoms with Gasteiger partial charge < -0.3 is 25.4 Å². The third kappa shape index (κ3) is 4.67. The molecule has 24 heavy (non-hydrogen) atoms. The molecule has 0 aliphatic rings. The Morgan fingerprint density at radius 1 is 1.08 bits per heavy atom. The van der Waals surface area contributed by atoms with Gasteiger partial charge in [-0.25, -0.2) is 0 Å². The maximum absolute atomic E-state index is 11.8. The standard InChI is InChI=1S/C18H19NO5/c1-24-17-11-13(3-6-15(17)21)8-9-19-18(23)7-4-12-2-5-14(20)16(22)10-12/h2-7,10-11,20-22H,8-9H2,1H3,(H,19,23)/b7-4+. The van der Waals surface area contributed by atoms with E-state index in [1.54, 1.807) is 24.3 Å². The van der Waals surface area contributed by atoms with Crippen LogP contribution in [-0.4, -0.2) is 34.9 Å². The van der Waals surface area contributed by atoms with E-state index in [1.165, 1.54) is 31.4 Å². The van der Waals surface area contributed by atoms with Crippen LogP contribution in [0.2, 0.25) is 0 Å². The highest BCUT2D eigenvalue weighted by atomic mass is 16.5. The van der Waals surface area contributed by atoms with E-state index in [0.717, 1.165) is 5.56 Å². The van der Waals surface area contributed by atoms with Gasteiger partial charge in [0.2, 0.25) is 5.91 Å². The number of carbonyl (C=O) groups is 1. The monoisotopic (exact) mass is 329 g/mol. The van der Waals surface area contributed by atoms with Gasteiger partial charge in [-0.05, 0) is 47.9 Å². The number of aromatic hydroxyl groups is 3. The van der Waals surface area contributed by atoms with Crippen molar-refractivity contribution in [2.24, 2.45) is 0 Å². The van der Waals surface area contributed by atoms with Crippen LogP contribution in [0.3, 0.4) is 0 Å². The summed E-state index contributed by atoms with van der Waals surface area (Å²) in [4.78, 5) is 11.8. The SMILES string of the molecule is COc1cc(CCNC(=O)/C=C/c2ccc(O)c(O)c2)ccc1O. The average Bonchev–Trinajstić information content (AvgIpc) is 2.57. The molecule has 6 heteroatoms. The van der Waals surface area contributed by atoms with Gasteiger partial charge in [0.25, 0.3) is 0 Å². The highest BCUT2D eigenvalue weighted by Gasteiger charge is 2.03. The normalized spacial score (nSPS) is 10.7. The van der Waals surface area contributed by atoms with E-state index in [9.17, 15) is 20.1 Å². The molecule has 0 spiro atoms. The molecule has 0 aliphatic heterocycles. The highest BCUT2D eigenvalue weighted by Crippen LogP contribution is 2.26. The molecule has 2 aromatic rings. The van der Waals surface area contributed by atoms with E-state index in [-0.39, 0.29) is 23.2 Å². The van der Waals surface area contributed by atoms with Crippen molar-refractivity contribution in [1.82, 2.24) is 5.32 Å². The lowest BCUT2D eigenvalue weighted by molar-refractivity contribution is -0.116. The van der Waals surface area contributed by atoms with Crippen molar-refractivity contribution in [1.29, 1.82) is 0 Å². The van der Waals surface area contributed by atoms with E-state index in [2.05, 4.69) is 5.32 Å². The minimum Gasteiger partial charge on any atom is -0.504 e. The maximum atomic E-state index is 11.8. The van der Waals surface area contributed by atoms with Crippen molar-refractivity contribution in [3.05, 3.63) is 53.6 Å². The van der Waals surface area contributed by atoms with Gasteiger partial charge >= 0.3 is 0 Å². The lowest BCUT2D eigenvalue weighted by atomic mass is 10.1. The fraction of sp³-hybridized carbons (Fsp3) is 0.167. The third-order valence-electron chi connectivity index (χ3n) is 3.38. The Hall–Kier alpha value is -3.15. The zero-order valence-electron chi connectivity index (χ0n) is 13.2. The van der Waals surface area contributed by atoms with Gasteiger partial charge in [0.1, 0.15) is 0 Å². The first-order chi connectivity index (χ1) is 11.5. The molecule has 0 saturated heterocycles. The molecule has 4 N–H and O–H groups in total. The highest BCUT2D eigenvalue weighted by molar-refractivity contribution is 5.91. The van der Waals surface area contributed by atoms with Gasteiger partial charge in [0.15, 0.2) is 23.0 Å². The Morgan fingerprint density at radius 3 is 2.54 bits per heavy atom. The van der Waals surface area contributed by atoms with Gasteiger partial charge in [-0.1, -0.05) is 12.1 Å². The smallest absolute Gasteiger partial charge is 0.244 e. The van der Waals surface area contributed by atoms with Crippen molar-refractivity contribution in [3.8, 4) is 23.0 Å². The number of ether oxygens (including phenoxy) is 1. The second-order valence-corrected chi connectivity index (χ2v) is 5.13. The number of methoxy groups -OCH3 is 1. The van der Waals surface area contributed by atoms with E-state index in [4.69, 9.17) is 4.74 Å². The Balaban J connectivity index is 1.84. The first-order valence-electron chi connectivity index (χ1n) is 7.33. The largest absolute Gasteiger partial charge is 0.504 e. The predicted molar refractivity (Wildman–Crippen MR) is 90.2 cm³/mol. The van der Waals surface area contributed by atoms with Gasteiger partial charge in [-0.3, -0.25) is 4.79 Å². The molecule has 0 atom stereocenters. The minimum absolute atomic E-state index is 0.0744. The number of rotatable bonds is 6. The van der Waals surface area contributed by atoms with Gasteiger partial charge in [-0.15, -0.1) is 0 Å². The molecule has 0 aliphatic carbocycles. The summed E-state index contributed by atoms with van der Waals surface area (Å²) in [5.74, 6) is -0.246. The average molecular weight is 329 g/mol. The van der Waals surface area contributed by atoms with E-state index < -0.39 is 0 Å². The van der Waals surface area contributed by atoms with Crippen LogP contribution in [0.5, 0.6) is 23.0 Å². The quantitative estimate of drug-likeness (QED) is 0.481. The number of carbonyl (C=O) groups excluding carboxylic acids is 1. The van der Waals surface area contributed by atoms with Crippen LogP contribution in [0.15, 0.2) is 42.5 Å². The molecule has 0 unspecified atom stereocenters. The van der Waals surface area contributed by atoms with Crippen molar-refractivity contribution in [3.63, 3.8) is 0 Å². The number of nitrogens with one attached hydrogen (secondary N) is 1. The lowest BCUT2D eigenvalue weighted by Crippen LogP contribution is -2.23. The fourth-order valence-corrected chi connectivity index (χ4v) is 2.08. The second-order valence-electron chi connectivity index (χ2n) is 5.13. The molecule has 1 amide bonds. The molecule has 6 nitrogen and oxygen atoms in total. The number of phenolic OH excluding ortho intramolecular Hbond substituents is 3. The number of amides is 1. The van der Waals surface area contributed by atoms with E-state index >= 15 is 0 Å². The molecule has 0 radical (unpaired) electrons. The summed E-state index contributed by atoms with van der Waals surface area (Å²) < 4.78 is 5.03. The van der Waals surface area contributed by atoms with Gasteiger partial charge in [0.05, 0.1) is 7.11 Å². The van der Waals surface area contributed by atoms with Crippen LogP contribution in [0.1, 0.15) is 11.1 Å². The first kappa shape index (κ1) is 17.2. The molecular weight excluding hydrogens is 310 g/mol. The summed E-state index contributed by atoms with van der Waals surface area (Å²) in [5, 5.41) is 30.9. The molecule has 126 valence electrons. The lowest BCUT2D eigenvalue weighted by Gasteiger charge is -2.07. The van der Waals surface area contributed by atoms with Crippen LogP contribution >= 0.6 is 0 Å². The van der Waals surface area contributed by atoms with Crippen LogP contribution in [0, 0.1) is 0 Å². The van der Waals surface area contributed by atoms with Crippen LogP contribution in [0.25, 0.3) is 6.08 Å². The Kier molecular flexibility index (Phi) is 5.68. The number of phenols is 3. The second kappa shape index (κ2) is 7.92. The van der Waals surface area contributed by atoms with E-state index in [0.29, 0.717) is 24.3 Å². The Bertz CT molecular complexity index is 755. The predicted octanol–water partition coefficient (Wildman–Crippen LogP) is 2.18. The topological polar surface area (TPSA) is 99.0 Å². The van der Waals surface area contributed by atoms with Crippen molar-refractivity contribution in [2.45, 2.75) is 6.42 Å².